The third kappa shape index (κ3) is 2.52. The lowest BCUT2D eigenvalue weighted by atomic mass is 10.3. The second-order valence-electron chi connectivity index (χ2n) is 3.99. The van der Waals surface area contributed by atoms with Gasteiger partial charge in [0.25, 0.3) is 0 Å². The van der Waals surface area contributed by atoms with Gasteiger partial charge in [0.1, 0.15) is 10.7 Å². The minimum Gasteiger partial charge on any atom is -0.326 e. The monoisotopic (exact) mass is 322 g/mol. The molecule has 0 aromatic heterocycles. The minimum atomic E-state index is -3.76. The molecular weight excluding hydrogens is 311 g/mol. The molecule has 1 aromatic rings. The number of nitrogens with zero attached hydrogens (tertiary/aromatic N) is 1. The van der Waals surface area contributed by atoms with Crippen molar-refractivity contribution in [2.24, 2.45) is 5.73 Å². The fraction of sp³-hybridized carbons (Fsp3) is 0.400. The van der Waals surface area contributed by atoms with Gasteiger partial charge in [0, 0.05) is 23.6 Å². The molecule has 1 saturated heterocycles. The minimum absolute atomic E-state index is 0.164. The summed E-state index contributed by atoms with van der Waals surface area (Å²) in [7, 11) is -3.76. The molecule has 1 fully saturated rings. The zero-order valence-electron chi connectivity index (χ0n) is 8.94. The molecule has 1 aliphatic rings. The summed E-state index contributed by atoms with van der Waals surface area (Å²) in [6.07, 6.45) is 0.609. The van der Waals surface area contributed by atoms with Crippen LogP contribution in [-0.4, -0.2) is 31.9 Å². The first-order chi connectivity index (χ1) is 7.91. The van der Waals surface area contributed by atoms with E-state index in [1.165, 1.54) is 16.4 Å². The smallest absolute Gasteiger partial charge is 0.246 e. The third-order valence-corrected chi connectivity index (χ3v) is 5.09. The Balaban J connectivity index is 2.38. The molecule has 17 heavy (non-hydrogen) atoms. The summed E-state index contributed by atoms with van der Waals surface area (Å²) in [4.78, 5) is -0.296. The van der Waals surface area contributed by atoms with Crippen molar-refractivity contribution in [2.75, 3.05) is 13.1 Å². The Kier molecular flexibility index (Phi) is 3.53. The van der Waals surface area contributed by atoms with Gasteiger partial charge in [0.05, 0.1) is 0 Å². The van der Waals surface area contributed by atoms with Crippen LogP contribution in [0, 0.1) is 5.82 Å². The van der Waals surface area contributed by atoms with E-state index in [-0.39, 0.29) is 17.5 Å². The van der Waals surface area contributed by atoms with E-state index in [0.717, 1.165) is 6.07 Å². The van der Waals surface area contributed by atoms with Gasteiger partial charge in [0.2, 0.25) is 10.0 Å². The van der Waals surface area contributed by atoms with E-state index >= 15 is 0 Å². The molecule has 0 spiro atoms. The maximum atomic E-state index is 13.6. The summed E-state index contributed by atoms with van der Waals surface area (Å²) in [5, 5.41) is 0. The van der Waals surface area contributed by atoms with Crippen LogP contribution in [0.4, 0.5) is 4.39 Å². The fourth-order valence-electron chi connectivity index (χ4n) is 1.80. The number of rotatable bonds is 2. The van der Waals surface area contributed by atoms with Gasteiger partial charge in [-0.1, -0.05) is 15.9 Å². The number of hydrogen-bond donors (Lipinski definition) is 1. The summed E-state index contributed by atoms with van der Waals surface area (Å²) >= 11 is 3.09. The van der Waals surface area contributed by atoms with Crippen LogP contribution in [-0.2, 0) is 10.0 Å². The Morgan fingerprint density at radius 2 is 2.18 bits per heavy atom. The SMILES string of the molecule is N[C@H]1CCN(S(=O)(=O)c2ccc(Br)cc2F)C1. The van der Waals surface area contributed by atoms with Crippen LogP contribution in [0.3, 0.4) is 0 Å². The standard InChI is InChI=1S/C10H12BrFN2O2S/c11-7-1-2-10(9(12)5-7)17(15,16)14-4-3-8(13)6-14/h1-2,5,8H,3-4,6,13H2/t8-/m0/s1. The van der Waals surface area contributed by atoms with Gasteiger partial charge in [-0.15, -0.1) is 0 Å². The van der Waals surface area contributed by atoms with Gasteiger partial charge in [-0.25, -0.2) is 12.8 Å². The molecule has 2 rings (SSSR count). The molecule has 0 unspecified atom stereocenters. The zero-order chi connectivity index (χ0) is 12.6. The first-order valence-electron chi connectivity index (χ1n) is 5.12. The highest BCUT2D eigenvalue weighted by Gasteiger charge is 2.32. The van der Waals surface area contributed by atoms with Gasteiger partial charge >= 0.3 is 0 Å². The van der Waals surface area contributed by atoms with E-state index in [0.29, 0.717) is 17.4 Å². The van der Waals surface area contributed by atoms with Crippen molar-refractivity contribution in [1.29, 1.82) is 0 Å². The van der Waals surface area contributed by atoms with Gasteiger partial charge < -0.3 is 5.73 Å². The summed E-state index contributed by atoms with van der Waals surface area (Å²) in [5.74, 6) is -0.750. The summed E-state index contributed by atoms with van der Waals surface area (Å²) in [5.41, 5.74) is 5.65. The molecule has 0 amide bonds. The van der Waals surface area contributed by atoms with Crippen LogP contribution in [0.2, 0.25) is 0 Å². The van der Waals surface area contributed by atoms with Crippen LogP contribution in [0.1, 0.15) is 6.42 Å². The van der Waals surface area contributed by atoms with Crippen molar-refractivity contribution in [3.63, 3.8) is 0 Å². The number of sulfonamides is 1. The largest absolute Gasteiger partial charge is 0.326 e. The van der Waals surface area contributed by atoms with Crippen molar-refractivity contribution in [1.82, 2.24) is 4.31 Å². The Morgan fingerprint density at radius 1 is 1.47 bits per heavy atom. The summed E-state index contributed by atoms with van der Waals surface area (Å²) < 4.78 is 39.6. The lowest BCUT2D eigenvalue weighted by Gasteiger charge is -2.16. The normalized spacial score (nSPS) is 21.9. The van der Waals surface area contributed by atoms with Crippen molar-refractivity contribution < 1.29 is 12.8 Å². The lowest BCUT2D eigenvalue weighted by molar-refractivity contribution is 0.465. The number of halogens is 2. The van der Waals surface area contributed by atoms with Gasteiger partial charge in [-0.05, 0) is 24.6 Å². The van der Waals surface area contributed by atoms with Gasteiger partial charge in [-0.3, -0.25) is 0 Å². The highest BCUT2D eigenvalue weighted by molar-refractivity contribution is 9.10. The van der Waals surface area contributed by atoms with Crippen molar-refractivity contribution >= 4 is 26.0 Å². The molecule has 0 aliphatic carbocycles. The molecule has 2 N–H and O–H groups in total. The highest BCUT2D eigenvalue weighted by atomic mass is 79.9. The van der Waals surface area contributed by atoms with E-state index in [9.17, 15) is 12.8 Å². The van der Waals surface area contributed by atoms with E-state index in [1.54, 1.807) is 0 Å². The Hall–Kier alpha value is -0.500. The summed E-state index contributed by atoms with van der Waals surface area (Å²) in [6, 6.07) is 3.75. The number of hydrogen-bond acceptors (Lipinski definition) is 3. The molecule has 1 atom stereocenters. The van der Waals surface area contributed by atoms with Gasteiger partial charge in [0.15, 0.2) is 0 Å². The van der Waals surface area contributed by atoms with E-state index < -0.39 is 15.8 Å². The topological polar surface area (TPSA) is 63.4 Å². The molecule has 1 heterocycles. The van der Waals surface area contributed by atoms with Crippen LogP contribution in [0.5, 0.6) is 0 Å². The lowest BCUT2D eigenvalue weighted by Crippen LogP contribution is -2.32. The molecule has 0 bridgehead atoms. The van der Waals surface area contributed by atoms with Crippen LogP contribution >= 0.6 is 15.9 Å². The third-order valence-electron chi connectivity index (χ3n) is 2.70. The molecular formula is C10H12BrFN2O2S. The predicted molar refractivity (Wildman–Crippen MR) is 65.5 cm³/mol. The first kappa shape index (κ1) is 12.9. The number of benzene rings is 1. The Labute approximate surface area is 108 Å². The van der Waals surface area contributed by atoms with Crippen molar-refractivity contribution in [3.8, 4) is 0 Å². The molecule has 0 radical (unpaired) electrons. The fourth-order valence-corrected chi connectivity index (χ4v) is 3.69. The van der Waals surface area contributed by atoms with Crippen LogP contribution < -0.4 is 5.73 Å². The molecule has 7 heteroatoms. The predicted octanol–water partition coefficient (Wildman–Crippen LogP) is 1.31. The average Bonchev–Trinajstić information content (AvgIpc) is 2.64. The summed E-state index contributed by atoms with van der Waals surface area (Å²) in [6.45, 7) is 0.594. The first-order valence-corrected chi connectivity index (χ1v) is 7.35. The van der Waals surface area contributed by atoms with Gasteiger partial charge in [-0.2, -0.15) is 4.31 Å². The number of nitrogens with two attached hydrogens (primary N) is 1. The van der Waals surface area contributed by atoms with E-state index in [2.05, 4.69) is 15.9 Å². The zero-order valence-corrected chi connectivity index (χ0v) is 11.3. The van der Waals surface area contributed by atoms with E-state index in [1.807, 2.05) is 0 Å². The van der Waals surface area contributed by atoms with Crippen molar-refractivity contribution in [3.05, 3.63) is 28.5 Å². The van der Waals surface area contributed by atoms with Crippen LogP contribution in [0.25, 0.3) is 0 Å². The molecule has 1 aliphatic heterocycles. The molecule has 1 aromatic carbocycles. The molecule has 0 saturated carbocycles. The van der Waals surface area contributed by atoms with E-state index in [4.69, 9.17) is 5.73 Å². The van der Waals surface area contributed by atoms with Crippen LogP contribution in [0.15, 0.2) is 27.6 Å². The second-order valence-corrected chi connectivity index (χ2v) is 6.81. The second kappa shape index (κ2) is 4.64. The maximum Gasteiger partial charge on any atom is 0.246 e. The maximum absolute atomic E-state index is 13.6. The highest BCUT2D eigenvalue weighted by Crippen LogP contribution is 2.24. The van der Waals surface area contributed by atoms with Crippen molar-refractivity contribution in [2.45, 2.75) is 17.4 Å². The quantitative estimate of drug-likeness (QED) is 0.893. The Morgan fingerprint density at radius 3 is 2.71 bits per heavy atom. The average molecular weight is 323 g/mol. The molecule has 94 valence electrons. The Bertz CT molecular complexity index is 535. The molecule has 4 nitrogen and oxygen atoms in total.